The number of carbonyl (C=O) groups excluding carboxylic acids is 1. The molecule has 0 aliphatic carbocycles. The minimum absolute atomic E-state index is 0.195. The standard InChI is InChI=1S/C14H21BBrNO4/c1-13(2)14(3,4)21-15(20-13)10(7-12(18)19-5)11-6-9(16)8-17-11/h6,8,10,17H,7H2,1-5H3. The lowest BCUT2D eigenvalue weighted by Gasteiger charge is -2.32. The van der Waals surface area contributed by atoms with E-state index < -0.39 is 18.3 Å². The molecule has 0 aromatic carbocycles. The van der Waals surface area contributed by atoms with Crippen LogP contribution in [0.3, 0.4) is 0 Å². The Morgan fingerprint density at radius 1 is 1.38 bits per heavy atom. The number of H-pyrrole nitrogens is 1. The van der Waals surface area contributed by atoms with Crippen molar-refractivity contribution in [3.05, 3.63) is 22.4 Å². The summed E-state index contributed by atoms with van der Waals surface area (Å²) in [6.45, 7) is 7.97. The molecule has 1 aliphatic heterocycles. The van der Waals surface area contributed by atoms with Crippen LogP contribution in [0.4, 0.5) is 0 Å². The van der Waals surface area contributed by atoms with Gasteiger partial charge in [-0.05, 0) is 49.7 Å². The number of halogens is 1. The van der Waals surface area contributed by atoms with Crippen LogP contribution in [0.15, 0.2) is 16.7 Å². The van der Waals surface area contributed by atoms with Crippen molar-refractivity contribution in [1.82, 2.24) is 4.98 Å². The number of aromatic amines is 1. The van der Waals surface area contributed by atoms with Crippen LogP contribution >= 0.6 is 15.9 Å². The molecule has 0 bridgehead atoms. The molecule has 0 saturated carbocycles. The smallest absolute Gasteiger partial charge is 0.467 e. The van der Waals surface area contributed by atoms with E-state index in [2.05, 4.69) is 20.9 Å². The number of methoxy groups -OCH3 is 1. The molecule has 1 fully saturated rings. The molecule has 7 heteroatoms. The van der Waals surface area contributed by atoms with E-state index in [9.17, 15) is 4.79 Å². The summed E-state index contributed by atoms with van der Waals surface area (Å²) in [4.78, 5) is 14.9. The SMILES string of the molecule is COC(=O)CC(B1OC(C)(C)C(C)(C)O1)c1cc(Br)c[nH]1. The van der Waals surface area contributed by atoms with E-state index in [1.807, 2.05) is 40.0 Å². The van der Waals surface area contributed by atoms with Crippen molar-refractivity contribution in [3.8, 4) is 0 Å². The molecule has 0 amide bonds. The van der Waals surface area contributed by atoms with Gasteiger partial charge in [-0.2, -0.15) is 0 Å². The maximum absolute atomic E-state index is 11.7. The lowest BCUT2D eigenvalue weighted by Crippen LogP contribution is -2.41. The van der Waals surface area contributed by atoms with Crippen molar-refractivity contribution in [2.45, 2.75) is 51.1 Å². The van der Waals surface area contributed by atoms with Crippen LogP contribution in [-0.2, 0) is 18.8 Å². The van der Waals surface area contributed by atoms with E-state index >= 15 is 0 Å². The van der Waals surface area contributed by atoms with Crippen LogP contribution in [-0.4, -0.2) is 36.4 Å². The Morgan fingerprint density at radius 3 is 2.38 bits per heavy atom. The zero-order valence-corrected chi connectivity index (χ0v) is 14.6. The summed E-state index contributed by atoms with van der Waals surface area (Å²) in [6, 6.07) is 1.93. The highest BCUT2D eigenvalue weighted by Gasteiger charge is 2.54. The van der Waals surface area contributed by atoms with E-state index in [0.717, 1.165) is 10.2 Å². The number of ether oxygens (including phenoxy) is 1. The Bertz CT molecular complexity index is 513. The van der Waals surface area contributed by atoms with Gasteiger partial charge in [-0.1, -0.05) is 0 Å². The Balaban J connectivity index is 2.27. The van der Waals surface area contributed by atoms with Gasteiger partial charge in [-0.25, -0.2) is 0 Å². The highest BCUT2D eigenvalue weighted by molar-refractivity contribution is 9.10. The van der Waals surface area contributed by atoms with Gasteiger partial charge in [0.15, 0.2) is 0 Å². The highest BCUT2D eigenvalue weighted by Crippen LogP contribution is 2.41. The number of nitrogens with one attached hydrogen (secondary N) is 1. The summed E-state index contributed by atoms with van der Waals surface area (Å²) >= 11 is 3.41. The third-order valence-corrected chi connectivity index (χ3v) is 4.74. The van der Waals surface area contributed by atoms with E-state index in [-0.39, 0.29) is 18.2 Å². The van der Waals surface area contributed by atoms with E-state index in [0.29, 0.717) is 0 Å². The Labute approximate surface area is 134 Å². The molecule has 1 aliphatic rings. The first-order valence-corrected chi connectivity index (χ1v) is 7.72. The summed E-state index contributed by atoms with van der Waals surface area (Å²) in [5.74, 6) is -0.537. The van der Waals surface area contributed by atoms with Gasteiger partial charge in [0.2, 0.25) is 0 Å². The average molecular weight is 358 g/mol. The molecule has 1 unspecified atom stereocenters. The van der Waals surface area contributed by atoms with E-state index in [1.54, 1.807) is 0 Å². The summed E-state index contributed by atoms with van der Waals surface area (Å²) in [5, 5.41) is 0. The average Bonchev–Trinajstić information content (AvgIpc) is 2.88. The molecule has 1 N–H and O–H groups in total. The van der Waals surface area contributed by atoms with Crippen LogP contribution in [0.2, 0.25) is 0 Å². The predicted molar refractivity (Wildman–Crippen MR) is 83.9 cm³/mol. The second kappa shape index (κ2) is 5.78. The number of hydrogen-bond donors (Lipinski definition) is 1. The van der Waals surface area contributed by atoms with Crippen LogP contribution in [0.5, 0.6) is 0 Å². The normalized spacial score (nSPS) is 21.3. The van der Waals surface area contributed by atoms with Gasteiger partial charge in [0.05, 0.1) is 24.7 Å². The molecule has 21 heavy (non-hydrogen) atoms. The molecule has 0 spiro atoms. The van der Waals surface area contributed by atoms with Gasteiger partial charge >= 0.3 is 13.1 Å². The summed E-state index contributed by atoms with van der Waals surface area (Å²) in [7, 11) is 0.883. The lowest BCUT2D eigenvalue weighted by molar-refractivity contribution is -0.140. The second-order valence-corrected chi connectivity index (χ2v) is 7.20. The molecule has 1 aromatic heterocycles. The second-order valence-electron chi connectivity index (χ2n) is 6.28. The first-order valence-electron chi connectivity index (χ1n) is 6.92. The zero-order valence-electron chi connectivity index (χ0n) is 13.0. The van der Waals surface area contributed by atoms with Gasteiger partial charge in [-0.15, -0.1) is 0 Å². The van der Waals surface area contributed by atoms with Crippen molar-refractivity contribution in [2.75, 3.05) is 7.11 Å². The van der Waals surface area contributed by atoms with Crippen molar-refractivity contribution in [2.24, 2.45) is 0 Å². The zero-order chi connectivity index (χ0) is 15.8. The third kappa shape index (κ3) is 3.35. The molecule has 0 radical (unpaired) electrons. The lowest BCUT2D eigenvalue weighted by atomic mass is 9.68. The number of aromatic nitrogens is 1. The molecule has 1 atom stereocenters. The van der Waals surface area contributed by atoms with Crippen LogP contribution < -0.4 is 0 Å². The monoisotopic (exact) mass is 357 g/mol. The van der Waals surface area contributed by atoms with Crippen molar-refractivity contribution in [1.29, 1.82) is 0 Å². The van der Waals surface area contributed by atoms with Gasteiger partial charge in [-0.3, -0.25) is 4.79 Å². The minimum Gasteiger partial charge on any atom is -0.469 e. The molecule has 116 valence electrons. The molecular formula is C14H21BBrNO4. The Kier molecular flexibility index (Phi) is 4.56. The number of esters is 1. The number of rotatable bonds is 4. The molecule has 1 saturated heterocycles. The van der Waals surface area contributed by atoms with Crippen molar-refractivity contribution < 1.29 is 18.8 Å². The van der Waals surface area contributed by atoms with Crippen molar-refractivity contribution >= 4 is 29.0 Å². The van der Waals surface area contributed by atoms with E-state index in [1.165, 1.54) is 7.11 Å². The fraction of sp³-hybridized carbons (Fsp3) is 0.643. The maximum Gasteiger partial charge on any atom is 0.467 e. The fourth-order valence-electron chi connectivity index (χ4n) is 2.27. The quantitative estimate of drug-likeness (QED) is 0.664. The van der Waals surface area contributed by atoms with Gasteiger partial charge in [0.1, 0.15) is 0 Å². The molecule has 1 aromatic rings. The highest BCUT2D eigenvalue weighted by atomic mass is 79.9. The summed E-state index contributed by atoms with van der Waals surface area (Å²) in [6.07, 6.45) is 2.02. The molecule has 5 nitrogen and oxygen atoms in total. The van der Waals surface area contributed by atoms with Gasteiger partial charge in [0.25, 0.3) is 0 Å². The topological polar surface area (TPSA) is 60.6 Å². The Hall–Kier alpha value is -0.785. The largest absolute Gasteiger partial charge is 0.469 e. The number of hydrogen-bond acceptors (Lipinski definition) is 4. The van der Waals surface area contributed by atoms with Gasteiger partial charge in [0, 0.05) is 22.2 Å². The van der Waals surface area contributed by atoms with Crippen LogP contribution in [0, 0.1) is 0 Å². The van der Waals surface area contributed by atoms with Crippen LogP contribution in [0.1, 0.15) is 45.6 Å². The summed E-state index contributed by atoms with van der Waals surface area (Å²) < 4.78 is 17.9. The van der Waals surface area contributed by atoms with Crippen molar-refractivity contribution in [3.63, 3.8) is 0 Å². The third-order valence-electron chi connectivity index (χ3n) is 4.28. The molecule has 2 heterocycles. The summed E-state index contributed by atoms with van der Waals surface area (Å²) in [5.41, 5.74) is 0.0110. The van der Waals surface area contributed by atoms with Crippen LogP contribution in [0.25, 0.3) is 0 Å². The fourth-order valence-corrected chi connectivity index (χ4v) is 2.63. The minimum atomic E-state index is -0.500. The Morgan fingerprint density at radius 2 is 1.95 bits per heavy atom. The first-order chi connectivity index (χ1) is 9.66. The van der Waals surface area contributed by atoms with E-state index in [4.69, 9.17) is 14.0 Å². The predicted octanol–water partition coefficient (Wildman–Crippen LogP) is 3.06. The molecule has 2 rings (SSSR count). The van der Waals surface area contributed by atoms with Gasteiger partial charge < -0.3 is 19.0 Å². The maximum atomic E-state index is 11.7. The number of carbonyl (C=O) groups is 1. The first kappa shape index (κ1) is 16.6. The molecular weight excluding hydrogens is 337 g/mol.